The topological polar surface area (TPSA) is 9.23 Å². The van der Waals surface area contributed by atoms with Crippen molar-refractivity contribution in [1.29, 1.82) is 0 Å². The van der Waals surface area contributed by atoms with E-state index in [0.717, 1.165) is 11.1 Å². The molecule has 1 heteroatoms. The van der Waals surface area contributed by atoms with Crippen LogP contribution in [0.3, 0.4) is 0 Å². The molecular weight excluding hydrogens is 220 g/mol. The van der Waals surface area contributed by atoms with Crippen molar-refractivity contribution < 1.29 is 4.74 Å². The Kier molecular flexibility index (Phi) is 3.69. The highest BCUT2D eigenvalue weighted by molar-refractivity contribution is 5.50. The molecule has 0 bridgehead atoms. The fraction of sp³-hybridized carbons (Fsp3) is 0.0588. The zero-order valence-electron chi connectivity index (χ0n) is 9.89. The van der Waals surface area contributed by atoms with Gasteiger partial charge in [-0.25, -0.2) is 0 Å². The van der Waals surface area contributed by atoms with Crippen molar-refractivity contribution in [2.75, 3.05) is 0 Å². The lowest BCUT2D eigenvalue weighted by Crippen LogP contribution is -1.97. The second-order valence-electron chi connectivity index (χ2n) is 3.77. The molecular formula is C17H12O. The van der Waals surface area contributed by atoms with Crippen molar-refractivity contribution in [3.05, 3.63) is 65.2 Å². The van der Waals surface area contributed by atoms with Crippen LogP contribution in [-0.2, 0) is 6.61 Å². The van der Waals surface area contributed by atoms with Gasteiger partial charge in [0.1, 0.15) is 12.4 Å². The van der Waals surface area contributed by atoms with Crippen molar-refractivity contribution in [2.24, 2.45) is 0 Å². The Hall–Kier alpha value is -2.64. The highest BCUT2D eigenvalue weighted by Crippen LogP contribution is 2.20. The van der Waals surface area contributed by atoms with Crippen LogP contribution in [0.25, 0.3) is 0 Å². The summed E-state index contributed by atoms with van der Waals surface area (Å²) in [5, 5.41) is 0. The molecule has 2 aromatic carbocycles. The van der Waals surface area contributed by atoms with E-state index >= 15 is 0 Å². The van der Waals surface area contributed by atoms with Gasteiger partial charge in [-0.1, -0.05) is 42.2 Å². The largest absolute Gasteiger partial charge is 0.488 e. The van der Waals surface area contributed by atoms with Crippen LogP contribution < -0.4 is 4.74 Å². The average molecular weight is 232 g/mol. The normalized spacial score (nSPS) is 9.22. The van der Waals surface area contributed by atoms with Gasteiger partial charge in [0.05, 0.1) is 5.56 Å². The van der Waals surface area contributed by atoms with Gasteiger partial charge in [-0.2, -0.15) is 0 Å². The first-order valence-electron chi connectivity index (χ1n) is 5.57. The molecule has 0 aliphatic carbocycles. The van der Waals surface area contributed by atoms with Crippen LogP contribution in [0.1, 0.15) is 16.7 Å². The molecule has 86 valence electrons. The van der Waals surface area contributed by atoms with E-state index in [1.807, 2.05) is 42.5 Å². The van der Waals surface area contributed by atoms with Crippen LogP contribution in [-0.4, -0.2) is 0 Å². The van der Waals surface area contributed by atoms with E-state index in [1.54, 1.807) is 6.07 Å². The summed E-state index contributed by atoms with van der Waals surface area (Å²) >= 11 is 0. The van der Waals surface area contributed by atoms with Crippen molar-refractivity contribution in [3.8, 4) is 30.4 Å². The molecule has 1 nitrogen and oxygen atoms in total. The van der Waals surface area contributed by atoms with E-state index in [-0.39, 0.29) is 0 Å². The summed E-state index contributed by atoms with van der Waals surface area (Å²) < 4.78 is 5.70. The Labute approximate surface area is 107 Å². The van der Waals surface area contributed by atoms with Crippen LogP contribution in [0.5, 0.6) is 5.75 Å². The number of hydrogen-bond acceptors (Lipinski definition) is 1. The third-order valence-corrected chi connectivity index (χ3v) is 2.54. The maximum absolute atomic E-state index is 5.70. The average Bonchev–Trinajstić information content (AvgIpc) is 2.46. The van der Waals surface area contributed by atoms with Crippen LogP contribution in [0, 0.1) is 24.7 Å². The molecule has 0 spiro atoms. The van der Waals surface area contributed by atoms with Crippen molar-refractivity contribution in [1.82, 2.24) is 0 Å². The minimum atomic E-state index is 0.491. The zero-order valence-corrected chi connectivity index (χ0v) is 9.89. The molecule has 0 aromatic heterocycles. The molecule has 2 rings (SSSR count). The number of rotatable bonds is 3. The summed E-state index contributed by atoms with van der Waals surface area (Å²) in [7, 11) is 0. The lowest BCUT2D eigenvalue weighted by Gasteiger charge is -2.08. The molecule has 0 heterocycles. The second-order valence-corrected chi connectivity index (χ2v) is 3.77. The Bertz CT molecular complexity index is 612. The molecule has 0 N–H and O–H groups in total. The van der Waals surface area contributed by atoms with E-state index in [1.165, 1.54) is 0 Å². The van der Waals surface area contributed by atoms with E-state index in [4.69, 9.17) is 17.6 Å². The monoisotopic (exact) mass is 232 g/mol. The van der Waals surface area contributed by atoms with Gasteiger partial charge in [-0.15, -0.1) is 12.8 Å². The number of hydrogen-bond donors (Lipinski definition) is 0. The number of ether oxygens (including phenoxy) is 1. The quantitative estimate of drug-likeness (QED) is 0.738. The Balaban J connectivity index is 2.16. The summed E-state index contributed by atoms with van der Waals surface area (Å²) in [4.78, 5) is 0. The highest BCUT2D eigenvalue weighted by atomic mass is 16.5. The van der Waals surface area contributed by atoms with E-state index in [2.05, 4.69) is 11.8 Å². The predicted molar refractivity (Wildman–Crippen MR) is 73.1 cm³/mol. The first-order valence-corrected chi connectivity index (χ1v) is 5.57. The number of terminal acetylenes is 2. The van der Waals surface area contributed by atoms with Crippen LogP contribution >= 0.6 is 0 Å². The third kappa shape index (κ3) is 2.73. The van der Waals surface area contributed by atoms with E-state index in [9.17, 15) is 0 Å². The van der Waals surface area contributed by atoms with Gasteiger partial charge in [0, 0.05) is 5.56 Å². The Morgan fingerprint density at radius 3 is 2.39 bits per heavy atom. The van der Waals surface area contributed by atoms with Crippen molar-refractivity contribution in [2.45, 2.75) is 6.61 Å². The SMILES string of the molecule is C#Cc1ccc(OCc2ccccc2)c(C#C)c1. The van der Waals surface area contributed by atoms with Crippen LogP contribution in [0.2, 0.25) is 0 Å². The van der Waals surface area contributed by atoms with Gasteiger partial charge < -0.3 is 4.74 Å². The lowest BCUT2D eigenvalue weighted by molar-refractivity contribution is 0.305. The van der Waals surface area contributed by atoms with Crippen LogP contribution in [0.4, 0.5) is 0 Å². The molecule has 0 unspecified atom stereocenters. The summed E-state index contributed by atoms with van der Waals surface area (Å²) in [6, 6.07) is 15.3. The van der Waals surface area contributed by atoms with E-state index in [0.29, 0.717) is 17.9 Å². The van der Waals surface area contributed by atoms with Gasteiger partial charge in [0.15, 0.2) is 0 Å². The molecule has 0 radical (unpaired) electrons. The summed E-state index contributed by atoms with van der Waals surface area (Å²) in [5.74, 6) is 5.82. The van der Waals surface area contributed by atoms with Gasteiger partial charge in [-0.3, -0.25) is 0 Å². The minimum absolute atomic E-state index is 0.491. The first kappa shape index (κ1) is 11.8. The van der Waals surface area contributed by atoms with Gasteiger partial charge >= 0.3 is 0 Å². The zero-order chi connectivity index (χ0) is 12.8. The molecule has 0 amide bonds. The highest BCUT2D eigenvalue weighted by Gasteiger charge is 2.02. The molecule has 0 saturated carbocycles. The fourth-order valence-electron chi connectivity index (χ4n) is 1.59. The fourth-order valence-corrected chi connectivity index (χ4v) is 1.59. The minimum Gasteiger partial charge on any atom is -0.488 e. The maximum atomic E-state index is 5.70. The molecule has 0 fully saturated rings. The molecule has 18 heavy (non-hydrogen) atoms. The molecule has 0 aliphatic rings. The second kappa shape index (κ2) is 5.62. The first-order chi connectivity index (χ1) is 8.83. The van der Waals surface area contributed by atoms with Gasteiger partial charge in [-0.05, 0) is 23.8 Å². The molecule has 0 atom stereocenters. The summed E-state index contributed by atoms with van der Waals surface area (Å²) in [6.07, 6.45) is 10.8. The smallest absolute Gasteiger partial charge is 0.135 e. The molecule has 2 aromatic rings. The Morgan fingerprint density at radius 1 is 0.944 bits per heavy atom. The molecule has 0 aliphatic heterocycles. The van der Waals surface area contributed by atoms with Gasteiger partial charge in [0.25, 0.3) is 0 Å². The van der Waals surface area contributed by atoms with E-state index < -0.39 is 0 Å². The summed E-state index contributed by atoms with van der Waals surface area (Å²) in [5.41, 5.74) is 2.54. The predicted octanol–water partition coefficient (Wildman–Crippen LogP) is 3.23. The molecule has 0 saturated heterocycles. The van der Waals surface area contributed by atoms with Crippen molar-refractivity contribution >= 4 is 0 Å². The number of benzene rings is 2. The summed E-state index contributed by atoms with van der Waals surface area (Å²) in [6.45, 7) is 0.491. The standard InChI is InChI=1S/C17H12O/c1-3-14-10-11-17(16(4-2)12-14)18-13-15-8-6-5-7-9-15/h1-2,5-12H,13H2. The van der Waals surface area contributed by atoms with Crippen LogP contribution in [0.15, 0.2) is 48.5 Å². The maximum Gasteiger partial charge on any atom is 0.135 e. The van der Waals surface area contributed by atoms with Crippen molar-refractivity contribution in [3.63, 3.8) is 0 Å². The lowest BCUT2D eigenvalue weighted by atomic mass is 10.1. The third-order valence-electron chi connectivity index (χ3n) is 2.54. The Morgan fingerprint density at radius 2 is 1.72 bits per heavy atom. The van der Waals surface area contributed by atoms with Gasteiger partial charge in [0.2, 0.25) is 0 Å².